The van der Waals surface area contributed by atoms with Crippen LogP contribution in [0.4, 0.5) is 10.1 Å². The fraction of sp³-hybridized carbons (Fsp3) is 0.0769. The van der Waals surface area contributed by atoms with E-state index in [1.807, 2.05) is 6.07 Å². The molecule has 0 aliphatic carbocycles. The molecule has 0 bridgehead atoms. The van der Waals surface area contributed by atoms with Crippen molar-refractivity contribution in [1.82, 2.24) is 14.8 Å². The second-order valence-electron chi connectivity index (χ2n) is 4.19. The lowest BCUT2D eigenvalue weighted by Gasteiger charge is -2.07. The van der Waals surface area contributed by atoms with E-state index < -0.39 is 0 Å². The molecule has 0 saturated carbocycles. The van der Waals surface area contributed by atoms with Crippen molar-refractivity contribution < 1.29 is 4.39 Å². The van der Waals surface area contributed by atoms with Crippen molar-refractivity contribution in [2.24, 2.45) is 0 Å². The predicted octanol–water partition coefficient (Wildman–Crippen LogP) is 4.50. The Morgan fingerprint density at radius 2 is 2.24 bits per heavy atom. The fourth-order valence-electron chi connectivity index (χ4n) is 1.80. The number of hydrogen-bond donors (Lipinski definition) is 1. The molecule has 4 nitrogen and oxygen atoms in total. The molecule has 0 aliphatic rings. The first-order valence-electron chi connectivity index (χ1n) is 5.95. The van der Waals surface area contributed by atoms with Gasteiger partial charge < -0.3 is 5.32 Å². The number of thiophene rings is 1. The molecule has 2 heterocycles. The van der Waals surface area contributed by atoms with Crippen LogP contribution in [0.25, 0.3) is 5.69 Å². The largest absolute Gasteiger partial charge is 0.380 e. The highest BCUT2D eigenvalue weighted by Gasteiger charge is 2.08. The van der Waals surface area contributed by atoms with Gasteiger partial charge in [-0.15, -0.1) is 11.3 Å². The average Bonchev–Trinajstić information content (AvgIpc) is 3.08. The number of aromatic nitrogens is 3. The smallest absolute Gasteiger partial charge is 0.150 e. The van der Waals surface area contributed by atoms with E-state index in [1.54, 1.807) is 12.1 Å². The predicted molar refractivity (Wildman–Crippen MR) is 85.7 cm³/mol. The van der Waals surface area contributed by atoms with Gasteiger partial charge in [0, 0.05) is 21.6 Å². The van der Waals surface area contributed by atoms with Gasteiger partial charge in [0.2, 0.25) is 0 Å². The zero-order valence-electron chi connectivity index (χ0n) is 10.6. The van der Waals surface area contributed by atoms with Crippen LogP contribution in [0.2, 0.25) is 4.34 Å². The number of nitrogens with one attached hydrogen (secondary N) is 1. The molecule has 0 radical (unpaired) electrons. The van der Waals surface area contributed by atoms with Gasteiger partial charge in [0.1, 0.15) is 22.7 Å². The molecule has 0 atom stereocenters. The first-order chi connectivity index (χ1) is 10.1. The summed E-state index contributed by atoms with van der Waals surface area (Å²) in [4.78, 5) is 4.87. The van der Waals surface area contributed by atoms with Gasteiger partial charge >= 0.3 is 0 Å². The highest BCUT2D eigenvalue weighted by molar-refractivity contribution is 9.10. The zero-order chi connectivity index (χ0) is 14.8. The summed E-state index contributed by atoms with van der Waals surface area (Å²) in [6, 6.07) is 6.83. The third-order valence-corrected chi connectivity index (χ3v) is 5.25. The van der Waals surface area contributed by atoms with Crippen molar-refractivity contribution in [3.63, 3.8) is 0 Å². The van der Waals surface area contributed by atoms with E-state index in [2.05, 4.69) is 31.3 Å². The molecular weight excluding hydrogens is 379 g/mol. The van der Waals surface area contributed by atoms with Crippen molar-refractivity contribution in [3.05, 3.63) is 56.4 Å². The van der Waals surface area contributed by atoms with Crippen LogP contribution in [-0.4, -0.2) is 14.8 Å². The van der Waals surface area contributed by atoms with Crippen molar-refractivity contribution in [1.29, 1.82) is 0 Å². The molecule has 1 aromatic carbocycles. The second kappa shape index (κ2) is 6.13. The number of anilines is 1. The minimum Gasteiger partial charge on any atom is -0.380 e. The normalized spacial score (nSPS) is 10.8. The van der Waals surface area contributed by atoms with E-state index in [9.17, 15) is 4.39 Å². The number of benzene rings is 1. The van der Waals surface area contributed by atoms with Gasteiger partial charge in [-0.05, 0) is 40.2 Å². The Balaban J connectivity index is 1.73. The van der Waals surface area contributed by atoms with Gasteiger partial charge in [-0.3, -0.25) is 0 Å². The monoisotopic (exact) mass is 386 g/mol. The van der Waals surface area contributed by atoms with Gasteiger partial charge in [-0.2, -0.15) is 5.10 Å². The molecule has 1 N–H and O–H groups in total. The molecule has 0 amide bonds. The topological polar surface area (TPSA) is 42.7 Å². The molecule has 0 aliphatic heterocycles. The number of hydrogen-bond acceptors (Lipinski definition) is 4. The van der Waals surface area contributed by atoms with E-state index in [1.165, 1.54) is 34.7 Å². The first kappa shape index (κ1) is 14.5. The summed E-state index contributed by atoms with van der Waals surface area (Å²) in [7, 11) is 0. The van der Waals surface area contributed by atoms with E-state index in [4.69, 9.17) is 11.6 Å². The third kappa shape index (κ3) is 3.25. The Bertz CT molecular complexity index is 740. The lowest BCUT2D eigenvalue weighted by molar-refractivity contribution is 0.611. The van der Waals surface area contributed by atoms with Gasteiger partial charge in [-0.1, -0.05) is 11.6 Å². The molecule has 0 fully saturated rings. The van der Waals surface area contributed by atoms with Crippen molar-refractivity contribution in [2.75, 3.05) is 5.32 Å². The van der Waals surface area contributed by atoms with E-state index in [0.29, 0.717) is 22.3 Å². The van der Waals surface area contributed by atoms with Gasteiger partial charge in [0.15, 0.2) is 5.82 Å². The summed E-state index contributed by atoms with van der Waals surface area (Å²) in [5.41, 5.74) is 1.05. The Labute approximate surface area is 137 Å². The second-order valence-corrected chi connectivity index (χ2v) is 6.79. The number of nitrogens with zero attached hydrogens (tertiary/aromatic N) is 3. The summed E-state index contributed by atoms with van der Waals surface area (Å²) in [6.07, 6.45) is 2.82. The highest BCUT2D eigenvalue weighted by atomic mass is 79.9. The molecule has 8 heteroatoms. The van der Waals surface area contributed by atoms with Crippen molar-refractivity contribution in [2.45, 2.75) is 6.54 Å². The van der Waals surface area contributed by atoms with Crippen LogP contribution in [0.1, 0.15) is 4.88 Å². The maximum absolute atomic E-state index is 14.1. The van der Waals surface area contributed by atoms with E-state index in [-0.39, 0.29) is 5.82 Å². The van der Waals surface area contributed by atoms with Crippen LogP contribution >= 0.6 is 38.9 Å². The van der Waals surface area contributed by atoms with Gasteiger partial charge in [0.25, 0.3) is 0 Å². The Hall–Kier alpha value is -1.44. The molecule has 3 aromatic rings. The summed E-state index contributed by atoms with van der Waals surface area (Å²) in [5, 5.41) is 7.07. The van der Waals surface area contributed by atoms with Gasteiger partial charge in [0.05, 0.1) is 0 Å². The minimum atomic E-state index is -0.365. The zero-order valence-corrected chi connectivity index (χ0v) is 13.7. The molecule has 2 aromatic heterocycles. The van der Waals surface area contributed by atoms with Crippen LogP contribution in [0, 0.1) is 5.82 Å². The molecular formula is C13H9BrClFN4S. The van der Waals surface area contributed by atoms with Crippen LogP contribution in [0.3, 0.4) is 0 Å². The lowest BCUT2D eigenvalue weighted by atomic mass is 10.2. The van der Waals surface area contributed by atoms with Crippen LogP contribution in [0.5, 0.6) is 0 Å². The summed E-state index contributed by atoms with van der Waals surface area (Å²) in [5.74, 6) is -0.365. The van der Waals surface area contributed by atoms with Crippen molar-refractivity contribution in [3.8, 4) is 5.69 Å². The molecule has 3 rings (SSSR count). The summed E-state index contributed by atoms with van der Waals surface area (Å²) < 4.78 is 17.0. The summed E-state index contributed by atoms with van der Waals surface area (Å²) in [6.45, 7) is 0.581. The molecule has 0 saturated heterocycles. The van der Waals surface area contributed by atoms with E-state index in [0.717, 1.165) is 9.35 Å². The number of halogens is 3. The quantitative estimate of drug-likeness (QED) is 0.717. The summed E-state index contributed by atoms with van der Waals surface area (Å²) >= 11 is 10.8. The molecule has 0 unspecified atom stereocenters. The Kier molecular flexibility index (Phi) is 4.23. The minimum absolute atomic E-state index is 0.361. The molecule has 108 valence electrons. The highest BCUT2D eigenvalue weighted by Crippen LogP contribution is 2.32. The Morgan fingerprint density at radius 1 is 1.38 bits per heavy atom. The van der Waals surface area contributed by atoms with Crippen molar-refractivity contribution >= 4 is 44.6 Å². The van der Waals surface area contributed by atoms with Crippen LogP contribution < -0.4 is 5.32 Å². The SMILES string of the molecule is Fc1cc(NCc2cc(Br)c(Cl)s2)ccc1-n1cncn1. The van der Waals surface area contributed by atoms with Crippen LogP contribution in [-0.2, 0) is 6.54 Å². The Morgan fingerprint density at radius 3 is 2.86 bits per heavy atom. The first-order valence-corrected chi connectivity index (χ1v) is 7.94. The number of rotatable bonds is 4. The van der Waals surface area contributed by atoms with Crippen LogP contribution in [0.15, 0.2) is 41.4 Å². The standard InChI is InChI=1S/C13H9BrClFN4S/c14-10-4-9(21-13(10)15)5-18-8-1-2-12(11(16)3-8)20-7-17-6-19-20/h1-4,6-7,18H,5H2. The maximum Gasteiger partial charge on any atom is 0.150 e. The average molecular weight is 388 g/mol. The molecule has 21 heavy (non-hydrogen) atoms. The van der Waals surface area contributed by atoms with E-state index >= 15 is 0 Å². The third-order valence-electron chi connectivity index (χ3n) is 2.78. The maximum atomic E-state index is 14.1. The van der Waals surface area contributed by atoms with Gasteiger partial charge in [-0.25, -0.2) is 14.1 Å². The molecule has 0 spiro atoms. The lowest BCUT2D eigenvalue weighted by Crippen LogP contribution is -2.01. The fourth-order valence-corrected chi connectivity index (χ4v) is 3.53.